The summed E-state index contributed by atoms with van der Waals surface area (Å²) in [5, 5.41) is 18.3. The molecular weight excluding hydrogens is 206 g/mol. The fourth-order valence-electron chi connectivity index (χ4n) is 0.593. The molecule has 12 heavy (non-hydrogen) atoms. The van der Waals surface area contributed by atoms with Gasteiger partial charge in [-0.1, -0.05) is 22.9 Å². The Balaban J connectivity index is 3.17. The molecule has 1 aromatic heterocycles. The van der Waals surface area contributed by atoms with Crippen molar-refractivity contribution in [1.82, 2.24) is 0 Å². The van der Waals surface area contributed by atoms with Crippen molar-refractivity contribution in [2.45, 2.75) is 0 Å². The maximum Gasteiger partial charge on any atom is 0.347 e. The third kappa shape index (κ3) is 1.54. The first kappa shape index (κ1) is 8.95. The first-order chi connectivity index (χ1) is 5.52. The average molecular weight is 208 g/mol. The summed E-state index contributed by atoms with van der Waals surface area (Å²) in [4.78, 5) is 19.6. The fourth-order valence-corrected chi connectivity index (χ4v) is 1.66. The molecule has 1 rings (SSSR count). The van der Waals surface area contributed by atoms with Crippen molar-refractivity contribution in [1.29, 1.82) is 0 Å². The molecular formula is C5H2ClNO4S. The Morgan fingerprint density at radius 3 is 2.58 bits per heavy atom. The average Bonchev–Trinajstić information content (AvgIpc) is 2.30. The summed E-state index contributed by atoms with van der Waals surface area (Å²) in [5.74, 6) is -1.25. The van der Waals surface area contributed by atoms with Crippen LogP contribution in [-0.4, -0.2) is 16.0 Å². The molecule has 0 aromatic carbocycles. The predicted molar refractivity (Wildman–Crippen MR) is 42.9 cm³/mol. The third-order valence-corrected chi connectivity index (χ3v) is 2.53. The third-order valence-electron chi connectivity index (χ3n) is 1.05. The molecule has 0 atom stereocenters. The van der Waals surface area contributed by atoms with Crippen LogP contribution in [-0.2, 0) is 0 Å². The highest BCUT2D eigenvalue weighted by atomic mass is 35.5. The Hall–Kier alpha value is -1.14. The van der Waals surface area contributed by atoms with E-state index in [0.717, 1.165) is 6.07 Å². The van der Waals surface area contributed by atoms with Gasteiger partial charge in [0.15, 0.2) is 0 Å². The van der Waals surface area contributed by atoms with E-state index in [1.165, 1.54) is 0 Å². The van der Waals surface area contributed by atoms with Crippen LogP contribution in [0.1, 0.15) is 9.67 Å². The van der Waals surface area contributed by atoms with Crippen molar-refractivity contribution in [2.75, 3.05) is 0 Å². The lowest BCUT2D eigenvalue weighted by Crippen LogP contribution is -1.91. The zero-order valence-corrected chi connectivity index (χ0v) is 7.06. The second-order valence-corrected chi connectivity index (χ2v) is 3.26. The first-order valence-corrected chi connectivity index (χ1v) is 3.89. The normalized spacial score (nSPS) is 9.75. The summed E-state index contributed by atoms with van der Waals surface area (Å²) >= 11 is 5.95. The molecule has 0 unspecified atom stereocenters. The molecule has 0 bridgehead atoms. The van der Waals surface area contributed by atoms with Crippen molar-refractivity contribution < 1.29 is 14.8 Å². The van der Waals surface area contributed by atoms with Gasteiger partial charge in [-0.05, 0) is 0 Å². The van der Waals surface area contributed by atoms with Gasteiger partial charge in [0.25, 0.3) is 0 Å². The topological polar surface area (TPSA) is 80.4 Å². The van der Waals surface area contributed by atoms with Crippen molar-refractivity contribution in [3.05, 3.63) is 26.1 Å². The molecule has 1 aromatic rings. The minimum atomic E-state index is -1.25. The quantitative estimate of drug-likeness (QED) is 0.594. The smallest absolute Gasteiger partial charge is 0.347 e. The molecule has 0 aliphatic rings. The fraction of sp³-hybridized carbons (Fsp3) is 0. The van der Waals surface area contributed by atoms with Crippen molar-refractivity contribution in [2.24, 2.45) is 0 Å². The lowest BCUT2D eigenvalue weighted by atomic mass is 10.5. The Bertz CT molecular complexity index is 347. The van der Waals surface area contributed by atoms with Crippen LogP contribution in [0.3, 0.4) is 0 Å². The summed E-state index contributed by atoms with van der Waals surface area (Å²) in [6.07, 6.45) is 0. The lowest BCUT2D eigenvalue weighted by molar-refractivity contribution is -0.380. The van der Waals surface area contributed by atoms with Crippen LogP contribution in [0.15, 0.2) is 6.07 Å². The number of carbonyl (C=O) groups is 1. The maximum absolute atomic E-state index is 10.4. The van der Waals surface area contributed by atoms with E-state index < -0.39 is 10.9 Å². The Morgan fingerprint density at radius 2 is 2.33 bits per heavy atom. The Morgan fingerprint density at radius 1 is 1.75 bits per heavy atom. The van der Waals surface area contributed by atoms with Crippen LogP contribution in [0.4, 0.5) is 5.00 Å². The summed E-state index contributed by atoms with van der Waals surface area (Å²) in [7, 11) is 0. The van der Waals surface area contributed by atoms with Crippen LogP contribution in [0, 0.1) is 10.1 Å². The Labute approximate surface area is 75.3 Å². The van der Waals surface area contributed by atoms with Gasteiger partial charge in [-0.3, -0.25) is 10.1 Å². The van der Waals surface area contributed by atoms with Crippen LogP contribution in [0.25, 0.3) is 0 Å². The standard InChI is InChI=1S/C5H2ClNO4S/c6-2-1-3(7(10)11)12-4(2)5(8)9/h1H,(H,8,9). The number of hydrogen-bond donors (Lipinski definition) is 1. The molecule has 1 N–H and O–H groups in total. The van der Waals surface area contributed by atoms with Crippen LogP contribution < -0.4 is 0 Å². The number of aromatic carboxylic acids is 1. The van der Waals surface area contributed by atoms with Crippen molar-refractivity contribution in [3.8, 4) is 0 Å². The van der Waals surface area contributed by atoms with E-state index in [2.05, 4.69) is 0 Å². The molecule has 0 saturated carbocycles. The number of halogens is 1. The van der Waals surface area contributed by atoms with Crippen molar-refractivity contribution >= 4 is 33.9 Å². The van der Waals surface area contributed by atoms with Gasteiger partial charge < -0.3 is 5.11 Å². The van der Waals surface area contributed by atoms with Gasteiger partial charge in [0.2, 0.25) is 0 Å². The number of carboxylic acid groups (broad SMARTS) is 1. The number of thiophene rings is 1. The van der Waals surface area contributed by atoms with Gasteiger partial charge in [0.1, 0.15) is 4.88 Å². The van der Waals surface area contributed by atoms with Gasteiger partial charge >= 0.3 is 11.0 Å². The number of nitro groups is 1. The molecule has 7 heteroatoms. The zero-order chi connectivity index (χ0) is 9.30. The zero-order valence-electron chi connectivity index (χ0n) is 5.48. The van der Waals surface area contributed by atoms with Crippen LogP contribution in [0.2, 0.25) is 5.02 Å². The number of rotatable bonds is 2. The van der Waals surface area contributed by atoms with Gasteiger partial charge in [-0.15, -0.1) is 0 Å². The Kier molecular flexibility index (Phi) is 2.30. The maximum atomic E-state index is 10.4. The van der Waals surface area contributed by atoms with Gasteiger partial charge in [-0.2, -0.15) is 0 Å². The molecule has 0 aliphatic heterocycles. The molecule has 1 heterocycles. The van der Waals surface area contributed by atoms with Crippen LogP contribution in [0.5, 0.6) is 0 Å². The second kappa shape index (κ2) is 3.08. The van der Waals surface area contributed by atoms with E-state index in [4.69, 9.17) is 16.7 Å². The van der Waals surface area contributed by atoms with Crippen molar-refractivity contribution in [3.63, 3.8) is 0 Å². The van der Waals surface area contributed by atoms with Gasteiger partial charge in [0, 0.05) is 6.07 Å². The van der Waals surface area contributed by atoms with Gasteiger partial charge in [0.05, 0.1) is 9.95 Å². The molecule has 0 saturated heterocycles. The first-order valence-electron chi connectivity index (χ1n) is 2.69. The molecule has 0 spiro atoms. The lowest BCUT2D eigenvalue weighted by Gasteiger charge is -1.83. The molecule has 0 amide bonds. The monoisotopic (exact) mass is 207 g/mol. The molecule has 5 nitrogen and oxygen atoms in total. The minimum absolute atomic E-state index is 0.0980. The molecule has 64 valence electrons. The van der Waals surface area contributed by atoms with E-state index in [1.807, 2.05) is 0 Å². The summed E-state index contributed by atoms with van der Waals surface area (Å²) in [6.45, 7) is 0. The minimum Gasteiger partial charge on any atom is -0.477 e. The van der Waals surface area contributed by atoms with Crippen LogP contribution >= 0.6 is 22.9 Å². The summed E-state index contributed by atoms with van der Waals surface area (Å²) < 4.78 is 0. The SMILES string of the molecule is O=C(O)c1sc([N+](=O)[O-])cc1Cl. The summed E-state index contributed by atoms with van der Waals surface area (Å²) in [6, 6.07) is 1.02. The highest BCUT2D eigenvalue weighted by Gasteiger charge is 2.19. The summed E-state index contributed by atoms with van der Waals surface area (Å²) in [5.41, 5.74) is 0. The molecule has 0 aliphatic carbocycles. The van der Waals surface area contributed by atoms with Gasteiger partial charge in [-0.25, -0.2) is 4.79 Å². The largest absolute Gasteiger partial charge is 0.477 e. The highest BCUT2D eigenvalue weighted by Crippen LogP contribution is 2.32. The van der Waals surface area contributed by atoms with E-state index in [0.29, 0.717) is 11.3 Å². The molecule has 0 fully saturated rings. The second-order valence-electron chi connectivity index (χ2n) is 1.82. The van der Waals surface area contributed by atoms with E-state index in [-0.39, 0.29) is 14.9 Å². The number of carboxylic acids is 1. The number of hydrogen-bond acceptors (Lipinski definition) is 4. The predicted octanol–water partition coefficient (Wildman–Crippen LogP) is 2.01. The van der Waals surface area contributed by atoms with E-state index in [1.54, 1.807) is 0 Å². The number of nitrogens with zero attached hydrogens (tertiary/aromatic N) is 1. The molecule has 0 radical (unpaired) electrons. The van der Waals surface area contributed by atoms with E-state index >= 15 is 0 Å². The van der Waals surface area contributed by atoms with E-state index in [9.17, 15) is 14.9 Å². The highest BCUT2D eigenvalue weighted by molar-refractivity contribution is 7.17.